The number of rotatable bonds is 6. The van der Waals surface area contributed by atoms with Crippen molar-refractivity contribution in [2.45, 2.75) is 26.2 Å². The molecule has 3 heterocycles. The van der Waals surface area contributed by atoms with Crippen LogP contribution in [0.3, 0.4) is 0 Å². The summed E-state index contributed by atoms with van der Waals surface area (Å²) in [6.07, 6.45) is 4.47. The smallest absolute Gasteiger partial charge is 0.266 e. The van der Waals surface area contributed by atoms with E-state index in [-0.39, 0.29) is 5.56 Å². The second kappa shape index (κ2) is 7.62. The average molecular weight is 393 g/mol. The lowest BCUT2D eigenvalue weighted by atomic mass is 10.1. The molecule has 0 radical (unpaired) electrons. The minimum Gasteiger partial charge on any atom is -0.495 e. The van der Waals surface area contributed by atoms with Gasteiger partial charge in [-0.3, -0.25) is 9.78 Å². The number of methoxy groups -OCH3 is 1. The summed E-state index contributed by atoms with van der Waals surface area (Å²) in [5.41, 5.74) is 2.98. The molecule has 0 bridgehead atoms. The van der Waals surface area contributed by atoms with Crippen LogP contribution in [0.5, 0.6) is 11.6 Å². The van der Waals surface area contributed by atoms with Gasteiger partial charge in [-0.15, -0.1) is 0 Å². The SMILES string of the molecule is COc1ccc([C@H]2CC2COc2nc(C)ncc2-c2nn(C)c(=O)cc2C)nc1. The highest BCUT2D eigenvalue weighted by molar-refractivity contribution is 5.66. The van der Waals surface area contributed by atoms with E-state index in [1.165, 1.54) is 4.68 Å². The van der Waals surface area contributed by atoms with E-state index in [2.05, 4.69) is 20.1 Å². The molecule has 1 unspecified atom stereocenters. The monoisotopic (exact) mass is 393 g/mol. The molecule has 1 fully saturated rings. The highest BCUT2D eigenvalue weighted by Crippen LogP contribution is 2.47. The Morgan fingerprint density at radius 1 is 1.21 bits per heavy atom. The Morgan fingerprint density at radius 3 is 2.76 bits per heavy atom. The van der Waals surface area contributed by atoms with E-state index in [0.29, 0.717) is 41.4 Å². The molecule has 0 amide bonds. The fraction of sp³-hybridized carbons (Fsp3) is 0.381. The highest BCUT2D eigenvalue weighted by Gasteiger charge is 2.40. The molecule has 3 aromatic rings. The molecule has 1 aliphatic rings. The molecule has 8 nitrogen and oxygen atoms in total. The van der Waals surface area contributed by atoms with Gasteiger partial charge >= 0.3 is 0 Å². The van der Waals surface area contributed by atoms with Gasteiger partial charge in [0.05, 0.1) is 25.5 Å². The summed E-state index contributed by atoms with van der Waals surface area (Å²) in [7, 11) is 3.25. The minimum absolute atomic E-state index is 0.158. The highest BCUT2D eigenvalue weighted by atomic mass is 16.5. The van der Waals surface area contributed by atoms with Gasteiger partial charge in [0.1, 0.15) is 17.3 Å². The molecule has 0 spiro atoms. The van der Waals surface area contributed by atoms with Crippen LogP contribution in [0.4, 0.5) is 0 Å². The fourth-order valence-electron chi connectivity index (χ4n) is 3.32. The topological polar surface area (TPSA) is 92.0 Å². The van der Waals surface area contributed by atoms with Crippen molar-refractivity contribution in [3.63, 3.8) is 0 Å². The van der Waals surface area contributed by atoms with Gasteiger partial charge in [0.2, 0.25) is 5.88 Å². The second-order valence-corrected chi connectivity index (χ2v) is 7.31. The number of pyridine rings is 1. The van der Waals surface area contributed by atoms with Gasteiger partial charge < -0.3 is 9.47 Å². The molecule has 8 heteroatoms. The Labute approximate surface area is 168 Å². The molecular formula is C21H23N5O3. The lowest BCUT2D eigenvalue weighted by Gasteiger charge is -2.12. The first-order chi connectivity index (χ1) is 14.0. The Bertz CT molecular complexity index is 1090. The van der Waals surface area contributed by atoms with Crippen molar-refractivity contribution in [1.82, 2.24) is 24.7 Å². The zero-order valence-corrected chi connectivity index (χ0v) is 16.9. The first kappa shape index (κ1) is 19.0. The Balaban J connectivity index is 1.52. The van der Waals surface area contributed by atoms with Crippen molar-refractivity contribution >= 4 is 0 Å². The first-order valence-corrected chi connectivity index (χ1v) is 9.48. The number of nitrogens with zero attached hydrogens (tertiary/aromatic N) is 5. The molecule has 1 aliphatic carbocycles. The molecule has 0 aromatic carbocycles. The molecule has 29 heavy (non-hydrogen) atoms. The third-order valence-corrected chi connectivity index (χ3v) is 5.14. The number of hydrogen-bond acceptors (Lipinski definition) is 7. The normalized spacial score (nSPS) is 17.8. The van der Waals surface area contributed by atoms with Gasteiger partial charge in [-0.05, 0) is 38.0 Å². The summed E-state index contributed by atoms with van der Waals surface area (Å²) in [4.78, 5) is 25.1. The molecular weight excluding hydrogens is 370 g/mol. The van der Waals surface area contributed by atoms with Gasteiger partial charge in [-0.25, -0.2) is 9.67 Å². The van der Waals surface area contributed by atoms with Crippen molar-refractivity contribution in [2.24, 2.45) is 13.0 Å². The summed E-state index contributed by atoms with van der Waals surface area (Å²) in [5.74, 6) is 2.62. The van der Waals surface area contributed by atoms with Crippen LogP contribution in [0.25, 0.3) is 11.3 Å². The Hall–Kier alpha value is -3.29. The van der Waals surface area contributed by atoms with Crippen molar-refractivity contribution in [2.75, 3.05) is 13.7 Å². The predicted octanol–water partition coefficient (Wildman–Crippen LogP) is 2.44. The van der Waals surface area contributed by atoms with Crippen molar-refractivity contribution in [3.8, 4) is 22.9 Å². The second-order valence-electron chi connectivity index (χ2n) is 7.31. The number of aryl methyl sites for hydroxylation is 3. The molecule has 1 saturated carbocycles. The number of aromatic nitrogens is 5. The summed E-state index contributed by atoms with van der Waals surface area (Å²) in [6, 6.07) is 5.48. The third-order valence-electron chi connectivity index (χ3n) is 5.14. The summed E-state index contributed by atoms with van der Waals surface area (Å²) >= 11 is 0. The maximum atomic E-state index is 11.8. The zero-order valence-electron chi connectivity index (χ0n) is 16.9. The average Bonchev–Trinajstić information content (AvgIpc) is 3.49. The Morgan fingerprint density at radius 2 is 2.03 bits per heavy atom. The number of ether oxygens (including phenoxy) is 2. The lowest BCUT2D eigenvalue weighted by molar-refractivity contribution is 0.285. The van der Waals surface area contributed by atoms with E-state index in [1.807, 2.05) is 26.0 Å². The van der Waals surface area contributed by atoms with E-state index >= 15 is 0 Å². The van der Waals surface area contributed by atoms with Crippen molar-refractivity contribution in [1.29, 1.82) is 0 Å². The van der Waals surface area contributed by atoms with Crippen molar-refractivity contribution in [3.05, 3.63) is 58.0 Å². The molecule has 4 rings (SSSR count). The van der Waals surface area contributed by atoms with E-state index in [0.717, 1.165) is 23.4 Å². The first-order valence-electron chi connectivity index (χ1n) is 9.48. The van der Waals surface area contributed by atoms with Gasteiger partial charge in [0.15, 0.2) is 0 Å². The van der Waals surface area contributed by atoms with Crippen LogP contribution in [0.1, 0.15) is 29.4 Å². The van der Waals surface area contributed by atoms with Crippen LogP contribution in [-0.4, -0.2) is 38.4 Å². The largest absolute Gasteiger partial charge is 0.495 e. The van der Waals surface area contributed by atoms with E-state index in [1.54, 1.807) is 32.6 Å². The van der Waals surface area contributed by atoms with Crippen LogP contribution < -0.4 is 15.0 Å². The quantitative estimate of drug-likeness (QED) is 0.635. The van der Waals surface area contributed by atoms with Crippen molar-refractivity contribution < 1.29 is 9.47 Å². The Kier molecular flexibility index (Phi) is 5.00. The maximum absolute atomic E-state index is 11.8. The fourth-order valence-corrected chi connectivity index (χ4v) is 3.32. The van der Waals surface area contributed by atoms with Gasteiger partial charge in [-0.1, -0.05) is 0 Å². The lowest BCUT2D eigenvalue weighted by Crippen LogP contribution is -2.20. The maximum Gasteiger partial charge on any atom is 0.266 e. The van der Waals surface area contributed by atoms with Gasteiger partial charge in [0, 0.05) is 36.8 Å². The van der Waals surface area contributed by atoms with E-state index in [9.17, 15) is 4.79 Å². The minimum atomic E-state index is -0.158. The molecule has 0 N–H and O–H groups in total. The van der Waals surface area contributed by atoms with Gasteiger partial charge in [0.25, 0.3) is 5.56 Å². The van der Waals surface area contributed by atoms with Crippen LogP contribution >= 0.6 is 0 Å². The van der Waals surface area contributed by atoms with Crippen LogP contribution in [-0.2, 0) is 7.05 Å². The molecule has 3 aromatic heterocycles. The molecule has 0 aliphatic heterocycles. The van der Waals surface area contributed by atoms with Crippen LogP contribution in [0, 0.1) is 19.8 Å². The predicted molar refractivity (Wildman–Crippen MR) is 107 cm³/mol. The van der Waals surface area contributed by atoms with Gasteiger partial charge in [-0.2, -0.15) is 10.1 Å². The van der Waals surface area contributed by atoms with E-state index < -0.39 is 0 Å². The zero-order chi connectivity index (χ0) is 20.5. The summed E-state index contributed by atoms with van der Waals surface area (Å²) in [6.45, 7) is 4.20. The molecule has 150 valence electrons. The summed E-state index contributed by atoms with van der Waals surface area (Å²) < 4.78 is 12.6. The molecule has 0 saturated heterocycles. The third kappa shape index (κ3) is 3.96. The van der Waals surface area contributed by atoms with Crippen LogP contribution in [0.2, 0.25) is 0 Å². The molecule has 2 atom stereocenters. The van der Waals surface area contributed by atoms with E-state index in [4.69, 9.17) is 9.47 Å². The standard InChI is InChI=1S/C21H23N5O3/c1-12-7-19(27)26(3)25-20(12)17-10-22-13(2)24-21(17)29-11-14-8-16(14)18-6-5-15(28-4)9-23-18/h5-7,9-10,14,16H,8,11H2,1-4H3/t14?,16-/m0/s1. The number of hydrogen-bond donors (Lipinski definition) is 0. The summed E-state index contributed by atoms with van der Waals surface area (Å²) in [5, 5.41) is 4.38. The van der Waals surface area contributed by atoms with Crippen LogP contribution in [0.15, 0.2) is 35.4 Å².